The standard InChI is InChI=1S/C42H44N8O11S/c1-62-38-46-42-33-28(20-48(42)35(55)31-17-10-18-47(31)36(42)49(38)40(57)61-24-26-13-6-3-7-14-26)29(21-51)34(54)41(33,32(53)22-52)45-37(43-19-27-15-8-9-16-30(27)50(58)59)44-39(56)60-23-25-11-4-2-5-12-25/h2-18,28-29,32-34,36,51-54H,19-24H2,1H3,(H2,43,44,45,56)/t28-,29-,32?,33-,34+,36-,41+,42-/m1/s1. The number of ether oxygens (including phenoxy) is 2. The van der Waals surface area contributed by atoms with Crippen molar-refractivity contribution in [2.75, 3.05) is 26.0 Å². The van der Waals surface area contributed by atoms with Crippen LogP contribution >= 0.6 is 11.8 Å². The number of thioether (sulfide) groups is 1. The van der Waals surface area contributed by atoms with E-state index >= 15 is 0 Å². The lowest BCUT2D eigenvalue weighted by molar-refractivity contribution is -0.385. The van der Waals surface area contributed by atoms with E-state index in [0.29, 0.717) is 11.1 Å². The fourth-order valence-electron chi connectivity index (χ4n) is 9.59. The molecule has 6 N–H and O–H groups in total. The molecule has 1 unspecified atom stereocenters. The zero-order valence-corrected chi connectivity index (χ0v) is 34.1. The molecule has 19 nitrogen and oxygen atoms in total. The summed E-state index contributed by atoms with van der Waals surface area (Å²) in [5.74, 6) is -4.15. The van der Waals surface area contributed by atoms with E-state index in [1.54, 1.807) is 89.8 Å². The van der Waals surface area contributed by atoms with Crippen LogP contribution in [0.15, 0.2) is 113 Å². The number of amidine groups is 1. The lowest BCUT2D eigenvalue weighted by Gasteiger charge is -2.52. The number of hydrogen-bond donors (Lipinski definition) is 6. The molecule has 4 heterocycles. The van der Waals surface area contributed by atoms with E-state index in [9.17, 15) is 44.9 Å². The monoisotopic (exact) mass is 868 g/mol. The smallest absolute Gasteiger partial charge is 0.418 e. The number of aliphatic hydroxyl groups is 4. The quantitative estimate of drug-likeness (QED) is 0.0550. The van der Waals surface area contributed by atoms with Crippen molar-refractivity contribution < 1.29 is 49.2 Å². The molecule has 4 aliphatic rings. The van der Waals surface area contributed by atoms with Crippen LogP contribution in [-0.4, -0.2) is 118 Å². The van der Waals surface area contributed by atoms with Crippen molar-refractivity contribution in [2.24, 2.45) is 27.7 Å². The van der Waals surface area contributed by atoms with Gasteiger partial charge in [-0.2, -0.15) is 0 Å². The third-order valence-corrected chi connectivity index (χ3v) is 12.8. The number of carbonyl (C=O) groups excluding carboxylic acids is 3. The number of para-hydroxylation sites is 1. The Kier molecular flexibility index (Phi) is 11.8. The zero-order valence-electron chi connectivity index (χ0n) is 33.3. The van der Waals surface area contributed by atoms with E-state index in [1.807, 2.05) is 6.07 Å². The van der Waals surface area contributed by atoms with Crippen molar-refractivity contribution in [3.63, 3.8) is 0 Å². The Morgan fingerprint density at radius 3 is 2.31 bits per heavy atom. The number of carbonyl (C=O) groups is 3. The SMILES string of the molecule is CSC1=N[C@]23[C@@H]4[C@H](CN2C(=O)c2cccn2[C@@H]3N1C(=O)OCc1ccccc1)[C@@H](CO)[C@H](O)[C@]4(NC(=NCc1ccccc1[N+](=O)[O-])NC(=O)OCc1ccccc1)C(O)CO. The summed E-state index contributed by atoms with van der Waals surface area (Å²) in [6.45, 7) is -2.45. The highest BCUT2D eigenvalue weighted by atomic mass is 32.2. The van der Waals surface area contributed by atoms with Gasteiger partial charge < -0.3 is 44.7 Å². The van der Waals surface area contributed by atoms with Gasteiger partial charge in [0.2, 0.25) is 5.96 Å². The normalized spacial score (nSPS) is 26.5. The summed E-state index contributed by atoms with van der Waals surface area (Å²) < 4.78 is 12.9. The van der Waals surface area contributed by atoms with Gasteiger partial charge >= 0.3 is 12.2 Å². The predicted molar refractivity (Wildman–Crippen MR) is 223 cm³/mol. The van der Waals surface area contributed by atoms with Gasteiger partial charge in [-0.3, -0.25) is 20.2 Å². The lowest BCUT2D eigenvalue weighted by atomic mass is 9.71. The third-order valence-electron chi connectivity index (χ3n) is 12.2. The largest absolute Gasteiger partial charge is 0.444 e. The maximum Gasteiger partial charge on any atom is 0.418 e. The van der Waals surface area contributed by atoms with Gasteiger partial charge in [0.25, 0.3) is 11.6 Å². The van der Waals surface area contributed by atoms with Gasteiger partial charge in [-0.1, -0.05) is 90.6 Å². The molecule has 62 heavy (non-hydrogen) atoms. The molecule has 2 fully saturated rings. The van der Waals surface area contributed by atoms with E-state index < -0.39 is 96.1 Å². The van der Waals surface area contributed by atoms with Crippen LogP contribution in [0, 0.1) is 27.9 Å². The van der Waals surface area contributed by atoms with Crippen LogP contribution < -0.4 is 10.6 Å². The number of aliphatic imine (C=N–C) groups is 2. The third kappa shape index (κ3) is 7.02. The number of nitrogens with one attached hydrogen (secondary N) is 2. The molecule has 324 valence electrons. The van der Waals surface area contributed by atoms with Gasteiger partial charge in [0, 0.05) is 37.3 Å². The number of fused-ring (bicyclic) bond motifs is 3. The van der Waals surface area contributed by atoms with Crippen LogP contribution in [-0.2, 0) is 29.2 Å². The number of amides is 3. The molecule has 3 amide bonds. The first kappa shape index (κ1) is 42.4. The van der Waals surface area contributed by atoms with Crippen LogP contribution in [0.3, 0.4) is 0 Å². The van der Waals surface area contributed by atoms with E-state index in [-0.39, 0.29) is 41.9 Å². The summed E-state index contributed by atoms with van der Waals surface area (Å²) in [4.78, 5) is 66.4. The number of nitrogens with zero attached hydrogens (tertiary/aromatic N) is 6. The summed E-state index contributed by atoms with van der Waals surface area (Å²) in [6, 6.07) is 26.8. The number of alkyl carbamates (subject to hydrolysis) is 1. The Morgan fingerprint density at radius 2 is 1.66 bits per heavy atom. The fraction of sp³-hybridized carbons (Fsp3) is 0.357. The number of hydrogen-bond acceptors (Lipinski definition) is 14. The van der Waals surface area contributed by atoms with Crippen molar-refractivity contribution in [3.05, 3.63) is 136 Å². The van der Waals surface area contributed by atoms with Crippen molar-refractivity contribution in [2.45, 2.75) is 49.3 Å². The molecule has 8 rings (SSSR count). The van der Waals surface area contributed by atoms with Crippen LogP contribution in [0.2, 0.25) is 0 Å². The molecular weight excluding hydrogens is 825 g/mol. The molecule has 1 aliphatic carbocycles. The lowest BCUT2D eigenvalue weighted by Crippen LogP contribution is -2.74. The van der Waals surface area contributed by atoms with E-state index in [4.69, 9.17) is 14.5 Å². The first-order valence-corrected chi connectivity index (χ1v) is 21.0. The summed E-state index contributed by atoms with van der Waals surface area (Å²) in [5, 5.41) is 64.3. The van der Waals surface area contributed by atoms with Gasteiger partial charge in [0.1, 0.15) is 30.6 Å². The number of rotatable bonds is 11. The number of aliphatic hydroxyl groups excluding tert-OH is 4. The molecule has 3 aliphatic heterocycles. The summed E-state index contributed by atoms with van der Waals surface area (Å²) in [7, 11) is 0. The number of benzene rings is 3. The maximum absolute atomic E-state index is 14.6. The van der Waals surface area contributed by atoms with E-state index in [0.717, 1.165) is 11.8 Å². The summed E-state index contributed by atoms with van der Waals surface area (Å²) in [5.41, 5.74) is -2.64. The maximum atomic E-state index is 14.6. The first-order chi connectivity index (χ1) is 30.0. The van der Waals surface area contributed by atoms with Crippen molar-refractivity contribution in [3.8, 4) is 0 Å². The molecule has 0 radical (unpaired) electrons. The first-order valence-electron chi connectivity index (χ1n) is 19.7. The molecule has 1 saturated carbocycles. The second kappa shape index (κ2) is 17.2. The second-order valence-corrected chi connectivity index (χ2v) is 16.1. The Hall–Kier alpha value is -6.32. The Balaban J connectivity index is 1.26. The van der Waals surface area contributed by atoms with Gasteiger partial charge in [0.15, 0.2) is 17.0 Å². The highest BCUT2D eigenvalue weighted by Gasteiger charge is 2.79. The molecule has 0 bridgehead atoms. The van der Waals surface area contributed by atoms with Crippen LogP contribution in [0.25, 0.3) is 0 Å². The molecule has 8 atom stereocenters. The highest BCUT2D eigenvalue weighted by Crippen LogP contribution is 2.64. The van der Waals surface area contributed by atoms with Gasteiger partial charge in [-0.05, 0) is 35.4 Å². The van der Waals surface area contributed by atoms with Gasteiger partial charge in [-0.15, -0.1) is 0 Å². The van der Waals surface area contributed by atoms with Crippen molar-refractivity contribution >= 4 is 46.7 Å². The number of nitro groups is 1. The molecule has 20 heteroatoms. The minimum Gasteiger partial charge on any atom is -0.444 e. The van der Waals surface area contributed by atoms with E-state index in [1.165, 1.54) is 28.0 Å². The minimum atomic E-state index is -2.23. The average molecular weight is 869 g/mol. The Bertz CT molecular complexity index is 2400. The minimum absolute atomic E-state index is 0.101. The number of guanidine groups is 1. The average Bonchev–Trinajstić information content (AvgIpc) is 4.05. The van der Waals surface area contributed by atoms with Crippen molar-refractivity contribution in [1.82, 2.24) is 25.0 Å². The highest BCUT2D eigenvalue weighted by molar-refractivity contribution is 8.13. The predicted octanol–water partition coefficient (Wildman–Crippen LogP) is 2.81. The van der Waals surface area contributed by atoms with E-state index in [2.05, 4.69) is 15.6 Å². The summed E-state index contributed by atoms with van der Waals surface area (Å²) in [6.07, 6.45) is -3.42. The molecule has 4 aromatic rings. The zero-order chi connectivity index (χ0) is 43.8. The summed E-state index contributed by atoms with van der Waals surface area (Å²) >= 11 is 1.10. The van der Waals surface area contributed by atoms with Crippen LogP contribution in [0.4, 0.5) is 15.3 Å². The van der Waals surface area contributed by atoms with Gasteiger partial charge in [-0.25, -0.2) is 24.5 Å². The number of nitro benzene ring substituents is 1. The van der Waals surface area contributed by atoms with Crippen LogP contribution in [0.1, 0.15) is 33.3 Å². The molecule has 1 saturated heterocycles. The topological polar surface area (TPSA) is 254 Å². The molecule has 1 spiro atoms. The fourth-order valence-corrected chi connectivity index (χ4v) is 10.2. The Labute approximate surface area is 358 Å². The Morgan fingerprint density at radius 1 is 1.00 bits per heavy atom. The molecule has 1 aromatic heterocycles. The molecule has 3 aromatic carbocycles. The van der Waals surface area contributed by atoms with Crippen LogP contribution in [0.5, 0.6) is 0 Å². The van der Waals surface area contributed by atoms with Crippen molar-refractivity contribution in [1.29, 1.82) is 0 Å². The molecular formula is C42H44N8O11S. The number of aromatic nitrogens is 1. The van der Waals surface area contributed by atoms with Gasteiger partial charge in [0.05, 0.1) is 29.7 Å². The second-order valence-electron chi connectivity index (χ2n) is 15.3.